The van der Waals surface area contributed by atoms with Crippen LogP contribution in [-0.2, 0) is 22.7 Å². The Bertz CT molecular complexity index is 193. The van der Waals surface area contributed by atoms with Crippen LogP contribution in [0.25, 0.3) is 0 Å². The molecular formula is C12H29O5P2+. The molecule has 0 aliphatic rings. The molecule has 19 heavy (non-hydrogen) atoms. The second-order valence-electron chi connectivity index (χ2n) is 4.01. The quantitative estimate of drug-likeness (QED) is 0.384. The van der Waals surface area contributed by atoms with Crippen LogP contribution in [0.2, 0.25) is 0 Å². The Morgan fingerprint density at radius 1 is 0.737 bits per heavy atom. The van der Waals surface area contributed by atoms with Gasteiger partial charge in [0.25, 0.3) is 0 Å². The van der Waals surface area contributed by atoms with Crippen molar-refractivity contribution in [2.45, 2.75) is 59.3 Å². The van der Waals surface area contributed by atoms with E-state index < -0.39 is 7.82 Å². The summed E-state index contributed by atoms with van der Waals surface area (Å²) in [6, 6.07) is 0. The maximum Gasteiger partial charge on any atom is 0.474 e. The van der Waals surface area contributed by atoms with Gasteiger partial charge in [-0.2, -0.15) is 0 Å². The Kier molecular flexibility index (Phi) is 18.4. The predicted octanol–water partition coefficient (Wildman–Crippen LogP) is 4.75. The van der Waals surface area contributed by atoms with Crippen molar-refractivity contribution in [2.24, 2.45) is 0 Å². The SMILES string of the molecule is CCCCOP(=O)(OCCCC)OCCCC.O=[PH2+]. The monoisotopic (exact) mass is 315 g/mol. The molecule has 1 unspecified atom stereocenters. The molecule has 0 amide bonds. The average molecular weight is 315 g/mol. The van der Waals surface area contributed by atoms with Crippen LogP contribution in [0.4, 0.5) is 0 Å². The number of phosphoric ester groups is 1. The highest BCUT2D eigenvalue weighted by Crippen LogP contribution is 2.49. The van der Waals surface area contributed by atoms with Gasteiger partial charge in [0.2, 0.25) is 0 Å². The molecule has 0 bridgehead atoms. The Labute approximate surface area is 119 Å². The zero-order valence-electron chi connectivity index (χ0n) is 12.4. The van der Waals surface area contributed by atoms with Crippen molar-refractivity contribution in [3.8, 4) is 0 Å². The lowest BCUT2D eigenvalue weighted by molar-refractivity contribution is 0.110. The molecule has 0 radical (unpaired) electrons. The van der Waals surface area contributed by atoms with E-state index in [4.69, 9.17) is 18.1 Å². The average Bonchev–Trinajstić information content (AvgIpc) is 2.42. The largest absolute Gasteiger partial charge is 0.474 e. The molecule has 0 saturated carbocycles. The van der Waals surface area contributed by atoms with E-state index in [-0.39, 0.29) is 0 Å². The third kappa shape index (κ3) is 14.4. The van der Waals surface area contributed by atoms with Gasteiger partial charge in [0.15, 0.2) is 0 Å². The molecule has 0 heterocycles. The molecule has 0 rings (SSSR count). The molecule has 1 atom stereocenters. The van der Waals surface area contributed by atoms with Crippen LogP contribution in [0.1, 0.15) is 59.3 Å². The fourth-order valence-electron chi connectivity index (χ4n) is 1.07. The maximum absolute atomic E-state index is 12.2. The van der Waals surface area contributed by atoms with E-state index in [1.54, 1.807) is 0 Å². The molecule has 0 fully saturated rings. The lowest BCUT2D eigenvalue weighted by atomic mass is 10.4. The molecule has 0 N–H and O–H groups in total. The van der Waals surface area contributed by atoms with E-state index >= 15 is 0 Å². The molecule has 0 aliphatic heterocycles. The zero-order chi connectivity index (χ0) is 15.0. The van der Waals surface area contributed by atoms with Crippen molar-refractivity contribution in [2.75, 3.05) is 19.8 Å². The summed E-state index contributed by atoms with van der Waals surface area (Å²) in [5, 5.41) is 0. The van der Waals surface area contributed by atoms with Crippen LogP contribution < -0.4 is 0 Å². The van der Waals surface area contributed by atoms with E-state index in [1.165, 1.54) is 9.12 Å². The lowest BCUT2D eigenvalue weighted by Crippen LogP contribution is -2.03. The number of phosphoric acid groups is 1. The van der Waals surface area contributed by atoms with Gasteiger partial charge in [-0.1, -0.05) is 44.6 Å². The van der Waals surface area contributed by atoms with Crippen LogP contribution in [0, 0.1) is 0 Å². The highest BCUT2D eigenvalue weighted by atomic mass is 31.2. The van der Waals surface area contributed by atoms with E-state index in [0.717, 1.165) is 38.5 Å². The number of rotatable bonds is 12. The van der Waals surface area contributed by atoms with Crippen LogP contribution >= 0.6 is 16.9 Å². The number of hydrogen-bond donors (Lipinski definition) is 0. The summed E-state index contributed by atoms with van der Waals surface area (Å²) in [4.78, 5) is 0. The molecule has 0 aliphatic carbocycles. The first-order chi connectivity index (χ1) is 9.18. The summed E-state index contributed by atoms with van der Waals surface area (Å²) in [7, 11) is -2.14. The van der Waals surface area contributed by atoms with Crippen molar-refractivity contribution in [3.63, 3.8) is 0 Å². The molecule has 116 valence electrons. The highest BCUT2D eigenvalue weighted by Gasteiger charge is 2.25. The molecule has 0 aromatic rings. The van der Waals surface area contributed by atoms with Crippen molar-refractivity contribution < 1.29 is 22.7 Å². The van der Waals surface area contributed by atoms with Crippen LogP contribution in [0.15, 0.2) is 0 Å². The second-order valence-corrected chi connectivity index (χ2v) is 5.68. The minimum atomic E-state index is -3.31. The normalized spacial score (nSPS) is 10.9. The Morgan fingerprint density at radius 2 is 1.00 bits per heavy atom. The van der Waals surface area contributed by atoms with Gasteiger partial charge >= 0.3 is 16.9 Å². The summed E-state index contributed by atoms with van der Waals surface area (Å²) >= 11 is 0. The van der Waals surface area contributed by atoms with Gasteiger partial charge in [0, 0.05) is 0 Å². The Morgan fingerprint density at radius 3 is 1.21 bits per heavy atom. The van der Waals surface area contributed by atoms with E-state index in [0.29, 0.717) is 19.8 Å². The van der Waals surface area contributed by atoms with E-state index in [2.05, 4.69) is 20.8 Å². The third-order valence-electron chi connectivity index (χ3n) is 2.24. The minimum Gasteiger partial charge on any atom is -0.287 e. The van der Waals surface area contributed by atoms with Crippen molar-refractivity contribution in [1.82, 2.24) is 0 Å². The fourth-order valence-corrected chi connectivity index (χ4v) is 2.36. The summed E-state index contributed by atoms with van der Waals surface area (Å²) in [5.74, 6) is 0. The third-order valence-corrected chi connectivity index (χ3v) is 3.74. The topological polar surface area (TPSA) is 61.8 Å². The zero-order valence-corrected chi connectivity index (χ0v) is 14.5. The molecule has 0 aromatic carbocycles. The Balaban J connectivity index is 0. The summed E-state index contributed by atoms with van der Waals surface area (Å²) in [6.45, 7) is 7.49. The molecule has 0 saturated heterocycles. The van der Waals surface area contributed by atoms with Crippen LogP contribution in [0.5, 0.6) is 0 Å². The molecule has 0 aromatic heterocycles. The summed E-state index contributed by atoms with van der Waals surface area (Å²) < 4.78 is 36.2. The highest BCUT2D eigenvalue weighted by molar-refractivity contribution is 7.48. The van der Waals surface area contributed by atoms with Crippen molar-refractivity contribution in [3.05, 3.63) is 0 Å². The smallest absolute Gasteiger partial charge is 0.287 e. The van der Waals surface area contributed by atoms with Crippen LogP contribution in [-0.4, -0.2) is 19.8 Å². The first-order valence-corrected chi connectivity index (χ1v) is 8.89. The van der Waals surface area contributed by atoms with Gasteiger partial charge < -0.3 is 0 Å². The first kappa shape index (κ1) is 21.5. The fraction of sp³-hybridized carbons (Fsp3) is 1.00. The number of hydrogen-bond acceptors (Lipinski definition) is 5. The Hall–Kier alpha value is 0.210. The van der Waals surface area contributed by atoms with Crippen molar-refractivity contribution in [1.29, 1.82) is 0 Å². The molecular weight excluding hydrogens is 286 g/mol. The molecule has 5 nitrogen and oxygen atoms in total. The van der Waals surface area contributed by atoms with Gasteiger partial charge in [0.1, 0.15) is 0 Å². The van der Waals surface area contributed by atoms with Gasteiger partial charge in [-0.05, 0) is 19.3 Å². The van der Waals surface area contributed by atoms with Gasteiger partial charge in [-0.25, -0.2) is 4.57 Å². The lowest BCUT2D eigenvalue weighted by Gasteiger charge is -2.17. The van der Waals surface area contributed by atoms with Crippen molar-refractivity contribution >= 4 is 16.9 Å². The summed E-state index contributed by atoms with van der Waals surface area (Å²) in [6.07, 6.45) is 5.63. The molecule has 0 spiro atoms. The van der Waals surface area contributed by atoms with Gasteiger partial charge in [-0.3, -0.25) is 13.6 Å². The predicted molar refractivity (Wildman–Crippen MR) is 80.6 cm³/mol. The molecule has 7 heteroatoms. The van der Waals surface area contributed by atoms with E-state index in [1.807, 2.05) is 0 Å². The second kappa shape index (κ2) is 16.3. The summed E-state index contributed by atoms with van der Waals surface area (Å²) in [5.41, 5.74) is 0. The van der Waals surface area contributed by atoms with E-state index in [9.17, 15) is 4.57 Å². The van der Waals surface area contributed by atoms with Crippen LogP contribution in [0.3, 0.4) is 0 Å². The van der Waals surface area contributed by atoms with Gasteiger partial charge in [0.05, 0.1) is 19.8 Å². The number of unbranched alkanes of at least 4 members (excludes halogenated alkanes) is 3. The first-order valence-electron chi connectivity index (χ1n) is 6.95. The minimum absolute atomic E-state index is 0.437. The van der Waals surface area contributed by atoms with Gasteiger partial charge in [-0.15, -0.1) is 0 Å². The standard InChI is InChI=1S/C12H27O4P.H2OP/c1-4-7-10-14-17(13,15-11-8-5-2)16-12-9-6-3;1-2/h4-12H2,1-3H3;2H2/q;+1. The maximum atomic E-state index is 12.2.